The molecule has 0 radical (unpaired) electrons. The number of alkyl halides is 3. The second kappa shape index (κ2) is 6.75. The van der Waals surface area contributed by atoms with E-state index in [2.05, 4.69) is 27.3 Å². The minimum Gasteiger partial charge on any atom is -0.406 e. The van der Waals surface area contributed by atoms with Gasteiger partial charge in [-0.15, -0.1) is 13.2 Å². The van der Waals surface area contributed by atoms with Crippen LogP contribution in [0.3, 0.4) is 0 Å². The SMILES string of the molecule is CCNC1(Nc2ccc(OC(F)(F)F)cc2)CCN(C)CC1. The predicted molar refractivity (Wildman–Crippen MR) is 79.9 cm³/mol. The van der Waals surface area contributed by atoms with Crippen molar-refractivity contribution < 1.29 is 17.9 Å². The Hall–Kier alpha value is -1.47. The number of hydrogen-bond donors (Lipinski definition) is 2. The highest BCUT2D eigenvalue weighted by molar-refractivity contribution is 5.48. The van der Waals surface area contributed by atoms with Crippen molar-refractivity contribution in [3.8, 4) is 5.75 Å². The van der Waals surface area contributed by atoms with Crippen molar-refractivity contribution in [1.82, 2.24) is 10.2 Å². The summed E-state index contributed by atoms with van der Waals surface area (Å²) < 4.78 is 40.4. The van der Waals surface area contributed by atoms with Crippen LogP contribution in [0.2, 0.25) is 0 Å². The third-order valence-electron chi connectivity index (χ3n) is 3.83. The largest absolute Gasteiger partial charge is 0.573 e. The minimum atomic E-state index is -4.66. The fraction of sp³-hybridized carbons (Fsp3) is 0.600. The molecule has 1 aromatic rings. The monoisotopic (exact) mass is 317 g/mol. The van der Waals surface area contributed by atoms with E-state index in [1.165, 1.54) is 12.1 Å². The Morgan fingerprint density at radius 1 is 1.18 bits per heavy atom. The van der Waals surface area contributed by atoms with E-state index >= 15 is 0 Å². The molecule has 0 unspecified atom stereocenters. The maximum atomic E-state index is 12.2. The minimum absolute atomic E-state index is 0.209. The summed E-state index contributed by atoms with van der Waals surface area (Å²) in [7, 11) is 2.08. The molecule has 0 bridgehead atoms. The third-order valence-corrected chi connectivity index (χ3v) is 3.83. The molecule has 1 heterocycles. The number of hydrogen-bond acceptors (Lipinski definition) is 4. The molecule has 0 aromatic heterocycles. The van der Waals surface area contributed by atoms with Crippen molar-refractivity contribution in [2.45, 2.75) is 31.8 Å². The number of benzene rings is 1. The van der Waals surface area contributed by atoms with Gasteiger partial charge in [-0.05, 0) is 50.7 Å². The molecule has 2 rings (SSSR count). The van der Waals surface area contributed by atoms with Crippen LogP contribution in [0.15, 0.2) is 24.3 Å². The molecule has 22 heavy (non-hydrogen) atoms. The van der Waals surface area contributed by atoms with E-state index in [0.29, 0.717) is 0 Å². The lowest BCUT2D eigenvalue weighted by molar-refractivity contribution is -0.274. The molecule has 1 aromatic carbocycles. The first-order valence-corrected chi connectivity index (χ1v) is 7.39. The summed E-state index contributed by atoms with van der Waals surface area (Å²) in [5.41, 5.74) is 0.563. The fourth-order valence-corrected chi connectivity index (χ4v) is 2.70. The van der Waals surface area contributed by atoms with Crippen LogP contribution in [-0.4, -0.2) is 43.6 Å². The molecule has 1 fully saturated rings. The average Bonchev–Trinajstić information content (AvgIpc) is 2.43. The van der Waals surface area contributed by atoms with Gasteiger partial charge in [0.2, 0.25) is 0 Å². The molecule has 1 saturated heterocycles. The summed E-state index contributed by atoms with van der Waals surface area (Å²) in [4.78, 5) is 2.26. The van der Waals surface area contributed by atoms with E-state index < -0.39 is 6.36 Å². The Kier molecular flexibility index (Phi) is 5.18. The Balaban J connectivity index is 2.04. The van der Waals surface area contributed by atoms with Gasteiger partial charge in [-0.1, -0.05) is 6.92 Å². The Morgan fingerprint density at radius 3 is 2.27 bits per heavy atom. The van der Waals surface area contributed by atoms with Crippen molar-refractivity contribution in [2.24, 2.45) is 0 Å². The van der Waals surface area contributed by atoms with Gasteiger partial charge in [0.1, 0.15) is 5.75 Å². The zero-order valence-corrected chi connectivity index (χ0v) is 12.8. The van der Waals surface area contributed by atoms with Crippen LogP contribution in [0.4, 0.5) is 18.9 Å². The number of ether oxygens (including phenoxy) is 1. The van der Waals surface area contributed by atoms with Gasteiger partial charge in [0.25, 0.3) is 0 Å². The number of nitrogens with zero attached hydrogens (tertiary/aromatic N) is 1. The first-order chi connectivity index (χ1) is 10.3. The molecule has 0 amide bonds. The van der Waals surface area contributed by atoms with E-state index in [4.69, 9.17) is 0 Å². The molecule has 2 N–H and O–H groups in total. The van der Waals surface area contributed by atoms with Crippen LogP contribution in [0.25, 0.3) is 0 Å². The van der Waals surface area contributed by atoms with Crippen LogP contribution < -0.4 is 15.4 Å². The van der Waals surface area contributed by atoms with Crippen molar-refractivity contribution >= 4 is 5.69 Å². The van der Waals surface area contributed by atoms with Crippen LogP contribution in [-0.2, 0) is 0 Å². The molecule has 0 atom stereocenters. The molecule has 1 aliphatic rings. The van der Waals surface area contributed by atoms with Gasteiger partial charge in [0.15, 0.2) is 0 Å². The molecule has 0 spiro atoms. The first-order valence-electron chi connectivity index (χ1n) is 7.39. The van der Waals surface area contributed by atoms with Gasteiger partial charge in [-0.3, -0.25) is 5.32 Å². The van der Waals surface area contributed by atoms with Crippen molar-refractivity contribution in [3.05, 3.63) is 24.3 Å². The summed E-state index contributed by atoms with van der Waals surface area (Å²) in [6, 6.07) is 5.87. The molecule has 4 nitrogen and oxygen atoms in total. The van der Waals surface area contributed by atoms with Crippen molar-refractivity contribution in [2.75, 3.05) is 32.0 Å². The summed E-state index contributed by atoms with van der Waals surface area (Å²) in [6.07, 6.45) is -2.80. The van der Waals surface area contributed by atoms with Gasteiger partial charge in [-0.2, -0.15) is 0 Å². The van der Waals surface area contributed by atoms with E-state index in [1.807, 2.05) is 6.92 Å². The zero-order chi connectivity index (χ0) is 16.2. The van der Waals surface area contributed by atoms with E-state index in [0.717, 1.165) is 38.2 Å². The Morgan fingerprint density at radius 2 is 1.77 bits per heavy atom. The molecule has 0 saturated carbocycles. The van der Waals surface area contributed by atoms with Crippen LogP contribution in [0.1, 0.15) is 19.8 Å². The van der Waals surface area contributed by atoms with Gasteiger partial charge < -0.3 is 15.0 Å². The summed E-state index contributed by atoms with van der Waals surface area (Å²) in [6.45, 7) is 4.80. The van der Waals surface area contributed by atoms with E-state index in [1.54, 1.807) is 12.1 Å². The Labute approximate surface area is 128 Å². The molecule has 7 heteroatoms. The van der Waals surface area contributed by atoms with Gasteiger partial charge in [-0.25, -0.2) is 0 Å². The quantitative estimate of drug-likeness (QED) is 0.819. The standard InChI is InChI=1S/C15H22F3N3O/c1-3-19-14(8-10-21(2)11-9-14)20-12-4-6-13(7-5-12)22-15(16,17)18/h4-7,19-20H,3,8-11H2,1-2H3. The molecular weight excluding hydrogens is 295 g/mol. The van der Waals surface area contributed by atoms with Crippen molar-refractivity contribution in [1.29, 1.82) is 0 Å². The number of halogens is 3. The summed E-state index contributed by atoms with van der Waals surface area (Å²) in [5.74, 6) is -0.209. The predicted octanol–water partition coefficient (Wildman–Crippen LogP) is 3.03. The van der Waals surface area contributed by atoms with Crippen LogP contribution in [0, 0.1) is 0 Å². The highest BCUT2D eigenvalue weighted by Crippen LogP contribution is 2.27. The highest BCUT2D eigenvalue weighted by atomic mass is 19.4. The normalized spacial score (nSPS) is 19.0. The lowest BCUT2D eigenvalue weighted by Crippen LogP contribution is -2.57. The number of nitrogens with one attached hydrogen (secondary N) is 2. The topological polar surface area (TPSA) is 36.5 Å². The average molecular weight is 317 g/mol. The van der Waals surface area contributed by atoms with Crippen LogP contribution >= 0.6 is 0 Å². The lowest BCUT2D eigenvalue weighted by Gasteiger charge is -2.42. The van der Waals surface area contributed by atoms with Crippen molar-refractivity contribution in [3.63, 3.8) is 0 Å². The summed E-state index contributed by atoms with van der Waals surface area (Å²) in [5, 5.41) is 6.90. The number of anilines is 1. The first kappa shape index (κ1) is 16.9. The maximum absolute atomic E-state index is 12.2. The zero-order valence-electron chi connectivity index (χ0n) is 12.8. The van der Waals surface area contributed by atoms with Crippen LogP contribution in [0.5, 0.6) is 5.75 Å². The lowest BCUT2D eigenvalue weighted by atomic mass is 9.96. The Bertz CT molecular complexity index is 468. The summed E-state index contributed by atoms with van der Waals surface area (Å²) >= 11 is 0. The second-order valence-corrected chi connectivity index (χ2v) is 5.61. The van der Waals surface area contributed by atoms with E-state index in [9.17, 15) is 13.2 Å². The highest BCUT2D eigenvalue weighted by Gasteiger charge is 2.33. The smallest absolute Gasteiger partial charge is 0.406 e. The molecule has 124 valence electrons. The van der Waals surface area contributed by atoms with Gasteiger partial charge in [0.05, 0.1) is 5.66 Å². The fourth-order valence-electron chi connectivity index (χ4n) is 2.70. The number of piperidine rings is 1. The second-order valence-electron chi connectivity index (χ2n) is 5.61. The maximum Gasteiger partial charge on any atom is 0.573 e. The third kappa shape index (κ3) is 4.78. The number of likely N-dealkylation sites (tertiary alicyclic amines) is 1. The molecular formula is C15H22F3N3O. The van der Waals surface area contributed by atoms with E-state index in [-0.39, 0.29) is 11.4 Å². The molecule has 1 aliphatic heterocycles. The number of rotatable bonds is 5. The molecule has 0 aliphatic carbocycles. The van der Waals surface area contributed by atoms with Gasteiger partial charge in [0, 0.05) is 18.8 Å². The van der Waals surface area contributed by atoms with Gasteiger partial charge >= 0.3 is 6.36 Å².